The Bertz CT molecular complexity index is 414. The molecule has 0 aromatic heterocycles. The van der Waals surface area contributed by atoms with Crippen LogP contribution in [0.25, 0.3) is 0 Å². The summed E-state index contributed by atoms with van der Waals surface area (Å²) in [6.07, 6.45) is 0.539. The fraction of sp³-hybridized carbons (Fsp3) is 0.385. The van der Waals surface area contributed by atoms with Crippen LogP contribution in [0.2, 0.25) is 0 Å². The average molecular weight is 251 g/mol. The predicted octanol–water partition coefficient (Wildman–Crippen LogP) is 1.46. The van der Waals surface area contributed by atoms with Crippen LogP contribution >= 0.6 is 0 Å². The lowest BCUT2D eigenvalue weighted by Crippen LogP contribution is -2.32. The average Bonchev–Trinajstić information content (AvgIpc) is 2.35. The maximum absolute atomic E-state index is 11.8. The number of Topliss-reactive ketones (excluding diaryl/α,β-unsaturated/α-hetero) is 1. The highest BCUT2D eigenvalue weighted by molar-refractivity contribution is 6.01. The number of hydrogen-bond acceptors (Lipinski definition) is 4. The van der Waals surface area contributed by atoms with E-state index in [0.29, 0.717) is 17.9 Å². The number of carbonyl (C=O) groups is 2. The van der Waals surface area contributed by atoms with Crippen molar-refractivity contribution in [1.82, 2.24) is 0 Å². The Labute approximate surface area is 106 Å². The van der Waals surface area contributed by atoms with Crippen LogP contribution in [0.3, 0.4) is 0 Å². The molecule has 5 heteroatoms. The van der Waals surface area contributed by atoms with Gasteiger partial charge in [0, 0.05) is 5.56 Å². The second-order valence-corrected chi connectivity index (χ2v) is 3.94. The molecule has 5 nitrogen and oxygen atoms in total. The number of nitrogens with two attached hydrogens (primary N) is 1. The molecule has 0 amide bonds. The van der Waals surface area contributed by atoms with E-state index in [1.54, 1.807) is 24.3 Å². The van der Waals surface area contributed by atoms with Gasteiger partial charge in [0.2, 0.25) is 0 Å². The molecule has 0 radical (unpaired) electrons. The van der Waals surface area contributed by atoms with Crippen LogP contribution in [-0.4, -0.2) is 29.5 Å². The van der Waals surface area contributed by atoms with Crippen molar-refractivity contribution in [3.05, 3.63) is 29.8 Å². The van der Waals surface area contributed by atoms with Gasteiger partial charge >= 0.3 is 5.97 Å². The normalized spacial score (nSPS) is 11.9. The molecule has 0 heterocycles. The third-order valence-corrected chi connectivity index (χ3v) is 2.34. The topological polar surface area (TPSA) is 89.6 Å². The van der Waals surface area contributed by atoms with Crippen molar-refractivity contribution in [1.29, 1.82) is 0 Å². The minimum absolute atomic E-state index is 0.368. The van der Waals surface area contributed by atoms with E-state index in [4.69, 9.17) is 15.6 Å². The first-order chi connectivity index (χ1) is 8.54. The highest BCUT2D eigenvalue weighted by atomic mass is 16.5. The number of benzene rings is 1. The molecule has 0 aliphatic carbocycles. The molecular weight excluding hydrogens is 234 g/mol. The summed E-state index contributed by atoms with van der Waals surface area (Å²) in [6, 6.07) is 5.53. The first kappa shape index (κ1) is 14.2. The molecule has 0 saturated carbocycles. The van der Waals surface area contributed by atoms with Crippen molar-refractivity contribution >= 4 is 11.8 Å². The van der Waals surface area contributed by atoms with Gasteiger partial charge in [-0.2, -0.15) is 0 Å². The van der Waals surface area contributed by atoms with Gasteiger partial charge < -0.3 is 15.6 Å². The number of carboxylic acid groups (broad SMARTS) is 1. The molecule has 0 bridgehead atoms. The van der Waals surface area contributed by atoms with E-state index in [1.165, 1.54) is 0 Å². The second-order valence-electron chi connectivity index (χ2n) is 3.94. The summed E-state index contributed by atoms with van der Waals surface area (Å²) in [5.41, 5.74) is 5.90. The number of carboxylic acids is 1. The molecule has 0 spiro atoms. The lowest BCUT2D eigenvalue weighted by Gasteiger charge is -2.09. The maximum Gasteiger partial charge on any atom is 0.305 e. The summed E-state index contributed by atoms with van der Waals surface area (Å²) in [7, 11) is 0. The van der Waals surface area contributed by atoms with Crippen LogP contribution in [0, 0.1) is 0 Å². The zero-order valence-electron chi connectivity index (χ0n) is 10.3. The quantitative estimate of drug-likeness (QED) is 0.716. The minimum Gasteiger partial charge on any atom is -0.494 e. The molecule has 18 heavy (non-hydrogen) atoms. The van der Waals surface area contributed by atoms with E-state index in [9.17, 15) is 9.59 Å². The standard InChI is InChI=1S/C13H17NO4/c1-2-7-18-10-5-3-9(4-6-10)13(17)11(14)8-12(15)16/h3-6,11H,2,7-8,14H2,1H3,(H,15,16). The lowest BCUT2D eigenvalue weighted by atomic mass is 10.0. The van der Waals surface area contributed by atoms with Crippen LogP contribution in [0.4, 0.5) is 0 Å². The third-order valence-electron chi connectivity index (χ3n) is 2.34. The van der Waals surface area contributed by atoms with Gasteiger partial charge in [-0.1, -0.05) is 6.92 Å². The zero-order chi connectivity index (χ0) is 13.5. The van der Waals surface area contributed by atoms with Crippen LogP contribution in [-0.2, 0) is 4.79 Å². The van der Waals surface area contributed by atoms with Crippen molar-refractivity contribution in [2.24, 2.45) is 5.73 Å². The van der Waals surface area contributed by atoms with Crippen molar-refractivity contribution in [3.63, 3.8) is 0 Å². The second kappa shape index (κ2) is 6.76. The molecule has 1 aromatic carbocycles. The van der Waals surface area contributed by atoms with E-state index in [0.717, 1.165) is 6.42 Å². The Morgan fingerprint density at radius 2 is 1.94 bits per heavy atom. The summed E-state index contributed by atoms with van der Waals surface area (Å²) >= 11 is 0. The Balaban J connectivity index is 2.66. The van der Waals surface area contributed by atoms with Crippen LogP contribution < -0.4 is 10.5 Å². The number of hydrogen-bond donors (Lipinski definition) is 2. The lowest BCUT2D eigenvalue weighted by molar-refractivity contribution is -0.137. The fourth-order valence-corrected chi connectivity index (χ4v) is 1.43. The van der Waals surface area contributed by atoms with E-state index in [1.807, 2.05) is 6.92 Å². The van der Waals surface area contributed by atoms with E-state index in [2.05, 4.69) is 0 Å². The largest absolute Gasteiger partial charge is 0.494 e. The highest BCUT2D eigenvalue weighted by Crippen LogP contribution is 2.14. The molecule has 0 aliphatic heterocycles. The van der Waals surface area contributed by atoms with Crippen molar-refractivity contribution in [3.8, 4) is 5.75 Å². The van der Waals surface area contributed by atoms with Gasteiger partial charge in [0.15, 0.2) is 5.78 Å². The molecule has 0 fully saturated rings. The van der Waals surface area contributed by atoms with Gasteiger partial charge in [-0.25, -0.2) is 0 Å². The molecule has 98 valence electrons. The number of rotatable bonds is 7. The van der Waals surface area contributed by atoms with Gasteiger partial charge in [0.25, 0.3) is 0 Å². The zero-order valence-corrected chi connectivity index (χ0v) is 10.3. The number of aliphatic carboxylic acids is 1. The van der Waals surface area contributed by atoms with Crippen LogP contribution in [0.5, 0.6) is 5.75 Å². The van der Waals surface area contributed by atoms with E-state index in [-0.39, 0.29) is 12.2 Å². The smallest absolute Gasteiger partial charge is 0.305 e. The van der Waals surface area contributed by atoms with Gasteiger partial charge in [0.05, 0.1) is 19.1 Å². The Morgan fingerprint density at radius 3 is 2.44 bits per heavy atom. The number of ketones is 1. The Kier molecular flexibility index (Phi) is 5.32. The molecule has 0 aliphatic rings. The maximum atomic E-state index is 11.8. The molecule has 1 rings (SSSR count). The number of ether oxygens (including phenoxy) is 1. The SMILES string of the molecule is CCCOc1ccc(C(=O)C(N)CC(=O)O)cc1. The van der Waals surface area contributed by atoms with Gasteiger partial charge in [0.1, 0.15) is 5.75 Å². The van der Waals surface area contributed by atoms with E-state index < -0.39 is 12.0 Å². The van der Waals surface area contributed by atoms with Crippen molar-refractivity contribution in [2.75, 3.05) is 6.61 Å². The summed E-state index contributed by atoms with van der Waals surface area (Å²) in [5, 5.41) is 8.57. The minimum atomic E-state index is -1.08. The van der Waals surface area contributed by atoms with Gasteiger partial charge in [-0.3, -0.25) is 9.59 Å². The first-order valence-electron chi connectivity index (χ1n) is 5.79. The highest BCUT2D eigenvalue weighted by Gasteiger charge is 2.18. The van der Waals surface area contributed by atoms with Crippen LogP contribution in [0.1, 0.15) is 30.1 Å². The summed E-state index contributed by atoms with van der Waals surface area (Å²) in [6.45, 7) is 2.62. The monoisotopic (exact) mass is 251 g/mol. The van der Waals surface area contributed by atoms with E-state index >= 15 is 0 Å². The molecular formula is C13H17NO4. The number of carbonyl (C=O) groups excluding carboxylic acids is 1. The summed E-state index contributed by atoms with van der Waals surface area (Å²) in [4.78, 5) is 22.2. The molecule has 0 saturated heterocycles. The van der Waals surface area contributed by atoms with Crippen molar-refractivity contribution in [2.45, 2.75) is 25.8 Å². The predicted molar refractivity (Wildman–Crippen MR) is 66.8 cm³/mol. The third kappa shape index (κ3) is 4.18. The molecule has 3 N–H and O–H groups in total. The fourth-order valence-electron chi connectivity index (χ4n) is 1.43. The summed E-state index contributed by atoms with van der Waals surface area (Å²) < 4.78 is 5.38. The summed E-state index contributed by atoms with van der Waals surface area (Å²) in [5.74, 6) is -0.779. The Hall–Kier alpha value is -1.88. The van der Waals surface area contributed by atoms with Gasteiger partial charge in [-0.15, -0.1) is 0 Å². The molecule has 1 atom stereocenters. The Morgan fingerprint density at radius 1 is 1.33 bits per heavy atom. The molecule has 1 aromatic rings. The van der Waals surface area contributed by atoms with Crippen LogP contribution in [0.15, 0.2) is 24.3 Å². The van der Waals surface area contributed by atoms with Crippen molar-refractivity contribution < 1.29 is 19.4 Å². The first-order valence-corrected chi connectivity index (χ1v) is 5.79. The van der Waals surface area contributed by atoms with Gasteiger partial charge in [-0.05, 0) is 30.7 Å². The molecule has 1 unspecified atom stereocenters.